The van der Waals surface area contributed by atoms with E-state index >= 15 is 0 Å². The summed E-state index contributed by atoms with van der Waals surface area (Å²) in [6.07, 6.45) is 0. The SMILES string of the molecule is Cc1ccc(-c2ccc(CO)o2)cc1NC(=O)C(Cl)(Cl)Cl. The maximum Gasteiger partial charge on any atom is 0.276 e. The predicted octanol–water partition coefficient (Wildman–Crippen LogP) is 4.06. The maximum atomic E-state index is 11.7. The molecule has 0 saturated carbocycles. The summed E-state index contributed by atoms with van der Waals surface area (Å²) in [7, 11) is 0. The van der Waals surface area contributed by atoms with E-state index in [1.54, 1.807) is 18.2 Å². The number of hydrogen-bond acceptors (Lipinski definition) is 3. The molecule has 1 aromatic carbocycles. The quantitative estimate of drug-likeness (QED) is 0.822. The zero-order valence-corrected chi connectivity index (χ0v) is 13.3. The van der Waals surface area contributed by atoms with Gasteiger partial charge in [-0.3, -0.25) is 4.79 Å². The fourth-order valence-corrected chi connectivity index (χ4v) is 1.86. The van der Waals surface area contributed by atoms with Crippen molar-refractivity contribution in [1.29, 1.82) is 0 Å². The molecular formula is C14H12Cl3NO3. The Morgan fingerprint density at radius 2 is 2.00 bits per heavy atom. The van der Waals surface area contributed by atoms with Crippen molar-refractivity contribution in [2.75, 3.05) is 5.32 Å². The number of carbonyl (C=O) groups excluding carboxylic acids is 1. The number of rotatable bonds is 3. The molecule has 4 nitrogen and oxygen atoms in total. The van der Waals surface area contributed by atoms with Crippen LogP contribution in [0.5, 0.6) is 0 Å². The number of amides is 1. The molecule has 0 saturated heterocycles. The number of aryl methyl sites for hydroxylation is 1. The van der Waals surface area contributed by atoms with E-state index in [0.29, 0.717) is 17.2 Å². The summed E-state index contributed by atoms with van der Waals surface area (Å²) in [6.45, 7) is 1.64. The normalized spacial score (nSPS) is 11.5. The molecule has 0 bridgehead atoms. The van der Waals surface area contributed by atoms with Crippen LogP contribution in [0.3, 0.4) is 0 Å². The second-order valence-corrected chi connectivity index (χ2v) is 6.69. The van der Waals surface area contributed by atoms with Crippen LogP contribution in [-0.2, 0) is 11.4 Å². The van der Waals surface area contributed by atoms with Gasteiger partial charge in [0.05, 0.1) is 0 Å². The van der Waals surface area contributed by atoms with E-state index in [-0.39, 0.29) is 6.61 Å². The van der Waals surface area contributed by atoms with Gasteiger partial charge in [-0.1, -0.05) is 46.9 Å². The Kier molecular flexibility index (Phi) is 4.84. The monoisotopic (exact) mass is 347 g/mol. The fraction of sp³-hybridized carbons (Fsp3) is 0.214. The number of nitrogens with one attached hydrogen (secondary N) is 1. The van der Waals surface area contributed by atoms with Gasteiger partial charge in [0.15, 0.2) is 0 Å². The Morgan fingerprint density at radius 1 is 1.29 bits per heavy atom. The molecule has 0 atom stereocenters. The smallest absolute Gasteiger partial charge is 0.276 e. The standard InChI is InChI=1S/C14H12Cl3NO3/c1-8-2-3-9(12-5-4-10(7-19)21-12)6-11(8)18-13(20)14(15,16)17/h2-6,19H,7H2,1H3,(H,18,20). The zero-order valence-electron chi connectivity index (χ0n) is 11.0. The molecular weight excluding hydrogens is 337 g/mol. The van der Waals surface area contributed by atoms with Crippen LogP contribution < -0.4 is 5.32 Å². The van der Waals surface area contributed by atoms with Crippen molar-refractivity contribution < 1.29 is 14.3 Å². The number of aliphatic hydroxyl groups is 1. The molecule has 21 heavy (non-hydrogen) atoms. The summed E-state index contributed by atoms with van der Waals surface area (Å²) in [5.41, 5.74) is 2.07. The first-order valence-corrected chi connectivity index (χ1v) is 7.13. The first kappa shape index (κ1) is 16.2. The Labute approximate surface area is 136 Å². The van der Waals surface area contributed by atoms with E-state index < -0.39 is 9.70 Å². The highest BCUT2D eigenvalue weighted by Crippen LogP contribution is 2.31. The average Bonchev–Trinajstić information content (AvgIpc) is 2.89. The summed E-state index contributed by atoms with van der Waals surface area (Å²) in [5, 5.41) is 11.6. The number of aliphatic hydroxyl groups excluding tert-OH is 1. The van der Waals surface area contributed by atoms with Gasteiger partial charge >= 0.3 is 0 Å². The molecule has 0 fully saturated rings. The van der Waals surface area contributed by atoms with Crippen LogP contribution in [0, 0.1) is 6.92 Å². The number of anilines is 1. The van der Waals surface area contributed by atoms with Gasteiger partial charge in [0.1, 0.15) is 18.1 Å². The second-order valence-electron chi connectivity index (χ2n) is 4.41. The van der Waals surface area contributed by atoms with Gasteiger partial charge in [-0.15, -0.1) is 0 Å². The molecule has 2 N–H and O–H groups in total. The van der Waals surface area contributed by atoms with Gasteiger partial charge in [-0.05, 0) is 30.7 Å². The minimum absolute atomic E-state index is 0.178. The van der Waals surface area contributed by atoms with E-state index in [1.807, 2.05) is 19.1 Å². The number of hydrogen-bond donors (Lipinski definition) is 2. The Hall–Kier alpha value is -1.20. The van der Waals surface area contributed by atoms with Crippen molar-refractivity contribution >= 4 is 46.4 Å². The van der Waals surface area contributed by atoms with Gasteiger partial charge < -0.3 is 14.8 Å². The third-order valence-corrected chi connectivity index (χ3v) is 3.36. The summed E-state index contributed by atoms with van der Waals surface area (Å²) in [5.74, 6) is 0.295. The Morgan fingerprint density at radius 3 is 2.57 bits per heavy atom. The molecule has 0 aliphatic carbocycles. The first-order valence-electron chi connectivity index (χ1n) is 6.00. The molecule has 2 rings (SSSR count). The highest BCUT2D eigenvalue weighted by atomic mass is 35.6. The Bertz CT molecular complexity index is 662. The number of furan rings is 1. The van der Waals surface area contributed by atoms with Gasteiger partial charge in [-0.2, -0.15) is 0 Å². The Balaban J connectivity index is 2.31. The molecule has 1 heterocycles. The minimum atomic E-state index is -2.03. The summed E-state index contributed by atoms with van der Waals surface area (Å²) < 4.78 is 3.41. The van der Waals surface area contributed by atoms with Crippen molar-refractivity contribution in [2.45, 2.75) is 17.3 Å². The van der Waals surface area contributed by atoms with E-state index in [0.717, 1.165) is 11.1 Å². The number of halogens is 3. The van der Waals surface area contributed by atoms with Crippen LogP contribution in [0.1, 0.15) is 11.3 Å². The van der Waals surface area contributed by atoms with Crippen LogP contribution in [0.2, 0.25) is 0 Å². The molecule has 2 aromatic rings. The van der Waals surface area contributed by atoms with Crippen LogP contribution in [0.25, 0.3) is 11.3 Å². The molecule has 0 aliphatic heterocycles. The second kappa shape index (κ2) is 6.28. The first-order chi connectivity index (χ1) is 9.81. The van der Waals surface area contributed by atoms with Crippen LogP contribution in [-0.4, -0.2) is 14.8 Å². The molecule has 0 unspecified atom stereocenters. The van der Waals surface area contributed by atoms with Gasteiger partial charge in [0.25, 0.3) is 9.70 Å². The van der Waals surface area contributed by atoms with Crippen molar-refractivity contribution in [1.82, 2.24) is 0 Å². The van der Waals surface area contributed by atoms with Gasteiger partial charge in [0, 0.05) is 11.3 Å². The summed E-state index contributed by atoms with van der Waals surface area (Å²) >= 11 is 16.6. The lowest BCUT2D eigenvalue weighted by Crippen LogP contribution is -2.27. The highest BCUT2D eigenvalue weighted by Gasteiger charge is 2.30. The van der Waals surface area contributed by atoms with Crippen LogP contribution in [0.4, 0.5) is 5.69 Å². The van der Waals surface area contributed by atoms with Crippen molar-refractivity contribution in [3.8, 4) is 11.3 Å². The van der Waals surface area contributed by atoms with Crippen molar-refractivity contribution in [3.05, 3.63) is 41.7 Å². The molecule has 0 aliphatic rings. The third-order valence-electron chi connectivity index (χ3n) is 2.85. The van der Waals surface area contributed by atoms with E-state index in [1.165, 1.54) is 0 Å². The molecule has 7 heteroatoms. The molecule has 1 aromatic heterocycles. The molecule has 0 radical (unpaired) electrons. The van der Waals surface area contributed by atoms with E-state index in [2.05, 4.69) is 5.32 Å². The number of alkyl halides is 3. The fourth-order valence-electron chi connectivity index (χ4n) is 1.72. The van der Waals surface area contributed by atoms with E-state index in [4.69, 9.17) is 44.3 Å². The third kappa shape index (κ3) is 3.92. The minimum Gasteiger partial charge on any atom is -0.459 e. The summed E-state index contributed by atoms with van der Waals surface area (Å²) in [6, 6.07) is 8.76. The summed E-state index contributed by atoms with van der Waals surface area (Å²) in [4.78, 5) is 11.7. The molecule has 1 amide bonds. The van der Waals surface area contributed by atoms with E-state index in [9.17, 15) is 4.79 Å². The number of carbonyl (C=O) groups is 1. The van der Waals surface area contributed by atoms with Gasteiger partial charge in [0.2, 0.25) is 0 Å². The lowest BCUT2D eigenvalue weighted by atomic mass is 10.1. The van der Waals surface area contributed by atoms with Crippen molar-refractivity contribution in [2.24, 2.45) is 0 Å². The van der Waals surface area contributed by atoms with Crippen LogP contribution in [0.15, 0.2) is 34.7 Å². The topological polar surface area (TPSA) is 62.5 Å². The predicted molar refractivity (Wildman–Crippen MR) is 83.7 cm³/mol. The largest absolute Gasteiger partial charge is 0.459 e. The zero-order chi connectivity index (χ0) is 15.6. The average molecular weight is 349 g/mol. The molecule has 112 valence electrons. The lowest BCUT2D eigenvalue weighted by molar-refractivity contribution is -0.115. The lowest BCUT2D eigenvalue weighted by Gasteiger charge is -2.14. The number of benzene rings is 1. The van der Waals surface area contributed by atoms with Gasteiger partial charge in [-0.25, -0.2) is 0 Å². The highest BCUT2D eigenvalue weighted by molar-refractivity contribution is 6.76. The molecule has 0 spiro atoms. The van der Waals surface area contributed by atoms with Crippen LogP contribution >= 0.6 is 34.8 Å². The maximum absolute atomic E-state index is 11.7. The van der Waals surface area contributed by atoms with Crippen molar-refractivity contribution in [3.63, 3.8) is 0 Å².